The average molecular weight is 267 g/mol. The SMILES string of the molecule is C[C@@H]1CCCCN1c1ccc(-n2cnnc2)cc1C#N. The minimum Gasteiger partial charge on any atom is -0.368 e. The fourth-order valence-electron chi connectivity index (χ4n) is 2.81. The van der Waals surface area contributed by atoms with E-state index in [1.54, 1.807) is 12.7 Å². The van der Waals surface area contributed by atoms with E-state index < -0.39 is 0 Å². The molecule has 5 heteroatoms. The smallest absolute Gasteiger partial charge is 0.123 e. The van der Waals surface area contributed by atoms with Crippen LogP contribution in [0.2, 0.25) is 0 Å². The van der Waals surface area contributed by atoms with Gasteiger partial charge in [-0.05, 0) is 44.4 Å². The quantitative estimate of drug-likeness (QED) is 0.839. The molecule has 1 aromatic heterocycles. The Morgan fingerprint density at radius 1 is 1.25 bits per heavy atom. The molecule has 0 amide bonds. The number of aromatic nitrogens is 3. The predicted octanol–water partition coefficient (Wildman–Crippen LogP) is 2.52. The van der Waals surface area contributed by atoms with E-state index in [2.05, 4.69) is 28.1 Å². The number of nitriles is 1. The first-order valence-electron chi connectivity index (χ1n) is 6.95. The molecular weight excluding hydrogens is 250 g/mol. The molecule has 0 N–H and O–H groups in total. The van der Waals surface area contributed by atoms with E-state index in [1.165, 1.54) is 19.3 Å². The topological polar surface area (TPSA) is 57.7 Å². The highest BCUT2D eigenvalue weighted by molar-refractivity contribution is 5.63. The van der Waals surface area contributed by atoms with Gasteiger partial charge in [-0.1, -0.05) is 0 Å². The molecule has 102 valence electrons. The van der Waals surface area contributed by atoms with Crippen LogP contribution < -0.4 is 4.90 Å². The maximum absolute atomic E-state index is 9.44. The number of anilines is 1. The molecule has 2 aromatic rings. The van der Waals surface area contributed by atoms with E-state index in [0.29, 0.717) is 11.6 Å². The molecule has 1 aliphatic heterocycles. The van der Waals surface area contributed by atoms with Gasteiger partial charge in [-0.15, -0.1) is 10.2 Å². The van der Waals surface area contributed by atoms with Crippen LogP contribution in [0.4, 0.5) is 5.69 Å². The van der Waals surface area contributed by atoms with Crippen LogP contribution in [-0.4, -0.2) is 27.4 Å². The zero-order chi connectivity index (χ0) is 13.9. The minimum absolute atomic E-state index is 0.497. The molecule has 2 heterocycles. The lowest BCUT2D eigenvalue weighted by Gasteiger charge is -2.36. The van der Waals surface area contributed by atoms with Crippen LogP contribution >= 0.6 is 0 Å². The van der Waals surface area contributed by atoms with Crippen molar-refractivity contribution < 1.29 is 0 Å². The van der Waals surface area contributed by atoms with Crippen LogP contribution in [-0.2, 0) is 0 Å². The molecule has 3 rings (SSSR count). The number of nitrogens with zero attached hydrogens (tertiary/aromatic N) is 5. The highest BCUT2D eigenvalue weighted by Gasteiger charge is 2.21. The summed E-state index contributed by atoms with van der Waals surface area (Å²) in [6.07, 6.45) is 6.94. The normalized spacial score (nSPS) is 18.8. The second-order valence-corrected chi connectivity index (χ2v) is 5.22. The van der Waals surface area contributed by atoms with Crippen LogP contribution in [0, 0.1) is 11.3 Å². The largest absolute Gasteiger partial charge is 0.368 e. The van der Waals surface area contributed by atoms with E-state index in [0.717, 1.165) is 17.9 Å². The van der Waals surface area contributed by atoms with Crippen molar-refractivity contribution in [3.05, 3.63) is 36.4 Å². The van der Waals surface area contributed by atoms with Crippen molar-refractivity contribution in [2.24, 2.45) is 0 Å². The van der Waals surface area contributed by atoms with Gasteiger partial charge in [-0.3, -0.25) is 4.57 Å². The Morgan fingerprint density at radius 2 is 2.05 bits per heavy atom. The first kappa shape index (κ1) is 12.7. The number of rotatable bonds is 2. The van der Waals surface area contributed by atoms with Gasteiger partial charge in [0.25, 0.3) is 0 Å². The second kappa shape index (κ2) is 5.33. The average Bonchev–Trinajstić information content (AvgIpc) is 3.01. The van der Waals surface area contributed by atoms with Crippen LogP contribution in [0.25, 0.3) is 5.69 Å². The lowest BCUT2D eigenvalue weighted by molar-refractivity contribution is 0.484. The molecule has 0 aliphatic carbocycles. The summed E-state index contributed by atoms with van der Waals surface area (Å²) < 4.78 is 1.81. The summed E-state index contributed by atoms with van der Waals surface area (Å²) in [5.41, 5.74) is 2.67. The lowest BCUT2D eigenvalue weighted by atomic mass is 10.0. The second-order valence-electron chi connectivity index (χ2n) is 5.22. The summed E-state index contributed by atoms with van der Waals surface area (Å²) in [6.45, 7) is 3.26. The van der Waals surface area contributed by atoms with Gasteiger partial charge in [0.15, 0.2) is 0 Å². The monoisotopic (exact) mass is 267 g/mol. The molecule has 1 saturated heterocycles. The van der Waals surface area contributed by atoms with Gasteiger partial charge >= 0.3 is 0 Å². The number of hydrogen-bond donors (Lipinski definition) is 0. The Morgan fingerprint density at radius 3 is 2.75 bits per heavy atom. The van der Waals surface area contributed by atoms with Gasteiger partial charge in [0, 0.05) is 18.3 Å². The van der Waals surface area contributed by atoms with E-state index >= 15 is 0 Å². The minimum atomic E-state index is 0.497. The van der Waals surface area contributed by atoms with Gasteiger partial charge in [0.05, 0.1) is 11.3 Å². The third kappa shape index (κ3) is 2.25. The molecule has 0 bridgehead atoms. The molecule has 0 radical (unpaired) electrons. The number of piperidine rings is 1. The van der Waals surface area contributed by atoms with Gasteiger partial charge in [-0.2, -0.15) is 5.26 Å². The molecule has 5 nitrogen and oxygen atoms in total. The molecule has 0 saturated carbocycles. The van der Waals surface area contributed by atoms with Crippen molar-refractivity contribution in [2.75, 3.05) is 11.4 Å². The molecule has 1 atom stereocenters. The Kier molecular flexibility index (Phi) is 3.38. The van der Waals surface area contributed by atoms with E-state index in [9.17, 15) is 5.26 Å². The van der Waals surface area contributed by atoms with E-state index in [-0.39, 0.29) is 0 Å². The maximum atomic E-state index is 9.44. The molecule has 1 fully saturated rings. The van der Waals surface area contributed by atoms with Gasteiger partial charge in [0.1, 0.15) is 18.7 Å². The molecular formula is C15H17N5. The number of hydrogen-bond acceptors (Lipinski definition) is 4. The summed E-state index contributed by atoms with van der Waals surface area (Å²) >= 11 is 0. The molecule has 1 aromatic carbocycles. The molecule has 20 heavy (non-hydrogen) atoms. The number of benzene rings is 1. The highest BCUT2D eigenvalue weighted by atomic mass is 15.2. The molecule has 0 spiro atoms. The summed E-state index contributed by atoms with van der Waals surface area (Å²) in [4.78, 5) is 2.35. The third-order valence-corrected chi connectivity index (χ3v) is 3.93. The zero-order valence-corrected chi connectivity index (χ0v) is 11.5. The van der Waals surface area contributed by atoms with Crippen LogP contribution in [0.5, 0.6) is 0 Å². The standard InChI is InChI=1S/C15H17N5/c1-12-4-2-3-7-20(12)15-6-5-14(8-13(15)9-16)19-10-17-18-11-19/h5-6,8,10-12H,2-4,7H2,1H3/t12-/m1/s1. The third-order valence-electron chi connectivity index (χ3n) is 3.93. The predicted molar refractivity (Wildman–Crippen MR) is 76.7 cm³/mol. The fourth-order valence-corrected chi connectivity index (χ4v) is 2.81. The van der Waals surface area contributed by atoms with Crippen LogP contribution in [0.15, 0.2) is 30.9 Å². The maximum Gasteiger partial charge on any atom is 0.123 e. The first-order valence-corrected chi connectivity index (χ1v) is 6.95. The van der Waals surface area contributed by atoms with Crippen LogP contribution in [0.3, 0.4) is 0 Å². The lowest BCUT2D eigenvalue weighted by Crippen LogP contribution is -2.37. The Hall–Kier alpha value is -2.35. The van der Waals surface area contributed by atoms with Crippen LogP contribution in [0.1, 0.15) is 31.7 Å². The van der Waals surface area contributed by atoms with Gasteiger partial charge in [-0.25, -0.2) is 0 Å². The summed E-state index contributed by atoms with van der Waals surface area (Å²) in [5.74, 6) is 0. The van der Waals surface area contributed by atoms with E-state index in [4.69, 9.17) is 0 Å². The van der Waals surface area contributed by atoms with Crippen molar-refractivity contribution in [1.29, 1.82) is 5.26 Å². The van der Waals surface area contributed by atoms with E-state index in [1.807, 2.05) is 22.8 Å². The summed E-state index contributed by atoms with van der Waals surface area (Å²) in [6, 6.07) is 8.77. The molecule has 0 unspecified atom stereocenters. The first-order chi connectivity index (χ1) is 9.79. The van der Waals surface area contributed by atoms with Gasteiger partial charge in [0.2, 0.25) is 0 Å². The van der Waals surface area contributed by atoms with Crippen molar-refractivity contribution in [3.63, 3.8) is 0 Å². The van der Waals surface area contributed by atoms with Crippen molar-refractivity contribution in [1.82, 2.24) is 14.8 Å². The Bertz CT molecular complexity index is 626. The summed E-state index contributed by atoms with van der Waals surface area (Å²) in [7, 11) is 0. The van der Waals surface area contributed by atoms with Crippen molar-refractivity contribution in [3.8, 4) is 11.8 Å². The van der Waals surface area contributed by atoms with Crippen molar-refractivity contribution >= 4 is 5.69 Å². The highest BCUT2D eigenvalue weighted by Crippen LogP contribution is 2.29. The van der Waals surface area contributed by atoms with Gasteiger partial charge < -0.3 is 4.90 Å². The summed E-state index contributed by atoms with van der Waals surface area (Å²) in [5, 5.41) is 17.0. The van der Waals surface area contributed by atoms with Crippen molar-refractivity contribution in [2.45, 2.75) is 32.2 Å². The zero-order valence-electron chi connectivity index (χ0n) is 11.5. The molecule has 1 aliphatic rings. The Balaban J connectivity index is 1.98. The fraction of sp³-hybridized carbons (Fsp3) is 0.400. The Labute approximate surface area is 118 Å².